The molecule has 1 unspecified atom stereocenters. The van der Waals surface area contributed by atoms with Crippen molar-refractivity contribution in [3.8, 4) is 5.75 Å². The molecule has 0 radical (unpaired) electrons. The lowest BCUT2D eigenvalue weighted by molar-refractivity contribution is 0.127. The summed E-state index contributed by atoms with van der Waals surface area (Å²) < 4.78 is 0. The smallest absolute Gasteiger partial charge is 0.120 e. The van der Waals surface area contributed by atoms with E-state index in [4.69, 9.17) is 5.73 Å². The van der Waals surface area contributed by atoms with Crippen molar-refractivity contribution in [2.24, 2.45) is 11.1 Å². The van der Waals surface area contributed by atoms with Crippen LogP contribution in [0, 0.1) is 5.41 Å². The summed E-state index contributed by atoms with van der Waals surface area (Å²) in [6.45, 7) is 11.4. The summed E-state index contributed by atoms with van der Waals surface area (Å²) >= 11 is 0. The fraction of sp³-hybridized carbons (Fsp3) is 0.647. The Morgan fingerprint density at radius 2 is 1.90 bits per heavy atom. The number of phenolic OH excluding ortho intramolecular Hbond substituents is 1. The Morgan fingerprint density at radius 1 is 1.25 bits per heavy atom. The van der Waals surface area contributed by atoms with E-state index in [0.29, 0.717) is 12.3 Å². The third-order valence-corrected chi connectivity index (χ3v) is 3.82. The number of hydrogen-bond acceptors (Lipinski definition) is 3. The average Bonchev–Trinajstić information content (AvgIpc) is 2.41. The maximum atomic E-state index is 10.1. The summed E-state index contributed by atoms with van der Waals surface area (Å²) in [5, 5.41) is 10.1. The lowest BCUT2D eigenvalue weighted by atomic mass is 9.91. The van der Waals surface area contributed by atoms with E-state index in [1.165, 1.54) is 0 Å². The minimum Gasteiger partial charge on any atom is -0.508 e. The van der Waals surface area contributed by atoms with Gasteiger partial charge in [-0.15, -0.1) is 0 Å². The Kier molecular flexibility index (Phi) is 6.50. The van der Waals surface area contributed by atoms with Gasteiger partial charge in [0.25, 0.3) is 0 Å². The van der Waals surface area contributed by atoms with E-state index in [2.05, 4.69) is 32.6 Å². The van der Waals surface area contributed by atoms with Gasteiger partial charge in [0.1, 0.15) is 5.75 Å². The van der Waals surface area contributed by atoms with Crippen molar-refractivity contribution in [1.29, 1.82) is 0 Å². The molecule has 0 saturated carbocycles. The number of nitrogens with two attached hydrogens (primary N) is 1. The van der Waals surface area contributed by atoms with Crippen molar-refractivity contribution >= 4 is 0 Å². The van der Waals surface area contributed by atoms with Crippen LogP contribution in [-0.2, 0) is 0 Å². The van der Waals surface area contributed by atoms with Crippen LogP contribution in [0.4, 0.5) is 0 Å². The van der Waals surface area contributed by atoms with Gasteiger partial charge in [0.05, 0.1) is 0 Å². The highest BCUT2D eigenvalue weighted by atomic mass is 16.3. The highest BCUT2D eigenvalue weighted by Crippen LogP contribution is 2.33. The van der Waals surface area contributed by atoms with Gasteiger partial charge in [0.2, 0.25) is 0 Å². The molecule has 0 aliphatic heterocycles. The van der Waals surface area contributed by atoms with E-state index in [1.54, 1.807) is 6.07 Å². The van der Waals surface area contributed by atoms with Gasteiger partial charge >= 0.3 is 0 Å². The number of nitrogens with zero attached hydrogens (tertiary/aromatic N) is 1. The van der Waals surface area contributed by atoms with Crippen LogP contribution >= 0.6 is 0 Å². The molecule has 1 rings (SSSR count). The third-order valence-electron chi connectivity index (χ3n) is 3.82. The summed E-state index contributed by atoms with van der Waals surface area (Å²) in [6.07, 6.45) is 2.09. The SMILES string of the molecule is CCCN(CC(C)(C)CN)C(CC)c1ccccc1O. The van der Waals surface area contributed by atoms with Gasteiger partial charge in [-0.25, -0.2) is 0 Å². The van der Waals surface area contributed by atoms with E-state index in [-0.39, 0.29) is 11.5 Å². The molecule has 1 aromatic carbocycles. The number of aromatic hydroxyl groups is 1. The minimum atomic E-state index is 0.0903. The van der Waals surface area contributed by atoms with Gasteiger partial charge in [-0.3, -0.25) is 4.90 Å². The topological polar surface area (TPSA) is 49.5 Å². The third kappa shape index (κ3) is 4.50. The Balaban J connectivity index is 3.00. The molecule has 0 amide bonds. The van der Waals surface area contributed by atoms with E-state index >= 15 is 0 Å². The van der Waals surface area contributed by atoms with Crippen LogP contribution in [0.5, 0.6) is 5.75 Å². The Bertz CT molecular complexity index is 404. The van der Waals surface area contributed by atoms with Gasteiger partial charge in [-0.05, 0) is 37.4 Å². The Labute approximate surface area is 123 Å². The van der Waals surface area contributed by atoms with Crippen molar-refractivity contribution in [2.45, 2.75) is 46.6 Å². The Morgan fingerprint density at radius 3 is 2.40 bits per heavy atom. The second kappa shape index (κ2) is 7.65. The van der Waals surface area contributed by atoms with E-state index < -0.39 is 0 Å². The van der Waals surface area contributed by atoms with Gasteiger partial charge in [0.15, 0.2) is 0 Å². The first kappa shape index (κ1) is 17.0. The first-order chi connectivity index (χ1) is 9.45. The summed E-state index contributed by atoms with van der Waals surface area (Å²) in [4.78, 5) is 2.46. The van der Waals surface area contributed by atoms with E-state index in [1.807, 2.05) is 18.2 Å². The summed E-state index contributed by atoms with van der Waals surface area (Å²) in [6, 6.07) is 7.93. The van der Waals surface area contributed by atoms with Gasteiger partial charge < -0.3 is 10.8 Å². The molecule has 0 saturated heterocycles. The van der Waals surface area contributed by atoms with Crippen molar-refractivity contribution in [3.63, 3.8) is 0 Å². The van der Waals surface area contributed by atoms with Crippen molar-refractivity contribution in [2.75, 3.05) is 19.6 Å². The van der Waals surface area contributed by atoms with Crippen LogP contribution in [0.3, 0.4) is 0 Å². The molecule has 0 aliphatic rings. The largest absolute Gasteiger partial charge is 0.508 e. The molecular weight excluding hydrogens is 248 g/mol. The fourth-order valence-corrected chi connectivity index (χ4v) is 2.69. The van der Waals surface area contributed by atoms with E-state index in [0.717, 1.165) is 31.5 Å². The molecule has 0 spiro atoms. The molecular formula is C17H30N2O. The predicted molar refractivity (Wildman–Crippen MR) is 85.8 cm³/mol. The molecule has 3 N–H and O–H groups in total. The second-order valence-electron chi connectivity index (χ2n) is 6.32. The molecule has 3 nitrogen and oxygen atoms in total. The number of para-hydroxylation sites is 1. The lowest BCUT2D eigenvalue weighted by Gasteiger charge is -2.37. The first-order valence-corrected chi connectivity index (χ1v) is 7.67. The zero-order valence-corrected chi connectivity index (χ0v) is 13.4. The molecule has 20 heavy (non-hydrogen) atoms. The van der Waals surface area contributed by atoms with Gasteiger partial charge in [-0.2, -0.15) is 0 Å². The fourth-order valence-electron chi connectivity index (χ4n) is 2.69. The maximum Gasteiger partial charge on any atom is 0.120 e. The van der Waals surface area contributed by atoms with Gasteiger partial charge in [-0.1, -0.05) is 45.9 Å². The zero-order chi connectivity index (χ0) is 15.2. The van der Waals surface area contributed by atoms with Crippen LogP contribution in [0.15, 0.2) is 24.3 Å². The molecule has 0 aliphatic carbocycles. The summed E-state index contributed by atoms with van der Waals surface area (Å²) in [5.41, 5.74) is 7.00. The zero-order valence-electron chi connectivity index (χ0n) is 13.4. The summed E-state index contributed by atoms with van der Waals surface area (Å²) in [7, 11) is 0. The molecule has 0 bridgehead atoms. The van der Waals surface area contributed by atoms with Crippen molar-refractivity contribution < 1.29 is 5.11 Å². The molecule has 1 aromatic rings. The molecule has 0 fully saturated rings. The number of rotatable bonds is 8. The average molecular weight is 278 g/mol. The van der Waals surface area contributed by atoms with E-state index in [9.17, 15) is 5.11 Å². The highest BCUT2D eigenvalue weighted by Gasteiger charge is 2.26. The molecule has 1 atom stereocenters. The normalized spacial score (nSPS) is 13.7. The molecule has 114 valence electrons. The van der Waals surface area contributed by atoms with Crippen LogP contribution < -0.4 is 5.73 Å². The second-order valence-corrected chi connectivity index (χ2v) is 6.32. The number of hydrogen-bond donors (Lipinski definition) is 2. The minimum absolute atomic E-state index is 0.0903. The molecule has 3 heteroatoms. The molecule has 0 aromatic heterocycles. The van der Waals surface area contributed by atoms with Crippen molar-refractivity contribution in [1.82, 2.24) is 4.90 Å². The van der Waals surface area contributed by atoms with Crippen LogP contribution in [0.25, 0.3) is 0 Å². The Hall–Kier alpha value is -1.06. The maximum absolute atomic E-state index is 10.1. The number of phenols is 1. The highest BCUT2D eigenvalue weighted by molar-refractivity contribution is 5.34. The van der Waals surface area contributed by atoms with Crippen LogP contribution in [0.1, 0.15) is 52.1 Å². The molecule has 0 heterocycles. The summed E-state index contributed by atoms with van der Waals surface area (Å²) in [5.74, 6) is 0.394. The monoisotopic (exact) mass is 278 g/mol. The first-order valence-electron chi connectivity index (χ1n) is 7.67. The van der Waals surface area contributed by atoms with Crippen molar-refractivity contribution in [3.05, 3.63) is 29.8 Å². The quantitative estimate of drug-likeness (QED) is 0.764. The standard InChI is InChI=1S/C17H30N2O/c1-5-11-19(13-17(3,4)12-18)15(6-2)14-9-7-8-10-16(14)20/h7-10,15,20H,5-6,11-13,18H2,1-4H3. The number of benzene rings is 1. The van der Waals surface area contributed by atoms with Gasteiger partial charge in [0, 0.05) is 18.2 Å². The predicted octanol–water partition coefficient (Wildman–Crippen LogP) is 3.54. The lowest BCUT2D eigenvalue weighted by Crippen LogP contribution is -2.41. The van der Waals surface area contributed by atoms with Crippen LogP contribution in [0.2, 0.25) is 0 Å². The van der Waals surface area contributed by atoms with Crippen LogP contribution in [-0.4, -0.2) is 29.6 Å².